The number of hydrogen-bond donors (Lipinski definition) is 2. The van der Waals surface area contributed by atoms with Crippen molar-refractivity contribution in [1.82, 2.24) is 5.53 Å². The average molecular weight is 100 g/mol. The summed E-state index contributed by atoms with van der Waals surface area (Å²) in [6, 6.07) is 0. The van der Waals surface area contributed by atoms with Gasteiger partial charge in [0, 0.05) is 6.72 Å². The van der Waals surface area contributed by atoms with E-state index in [1.807, 2.05) is 0 Å². The molecule has 0 saturated heterocycles. The molecule has 0 rings (SSSR count). The third-order valence-electron chi connectivity index (χ3n) is 0.297. The number of rotatable bonds is 2. The molecule has 0 heterocycles. The van der Waals surface area contributed by atoms with Crippen LogP contribution in [-0.4, -0.2) is 12.6 Å². The summed E-state index contributed by atoms with van der Waals surface area (Å²) in [7, 11) is 0. The molecule has 4 heteroatoms. The van der Waals surface area contributed by atoms with Crippen LogP contribution in [0, 0.1) is 0 Å². The molecule has 0 aliphatic rings. The maximum atomic E-state index is 5.08. The van der Waals surface area contributed by atoms with Gasteiger partial charge in [0.2, 0.25) is 0 Å². The summed E-state index contributed by atoms with van der Waals surface area (Å²) in [5.41, 5.74) is 7.30. The molecule has 0 aliphatic heterocycles. The lowest BCUT2D eigenvalue weighted by molar-refractivity contribution is 0.813. The summed E-state index contributed by atoms with van der Waals surface area (Å²) in [6.07, 6.45) is 0. The fourth-order valence-corrected chi connectivity index (χ4v) is 0.114. The standard InChI is InChI=1S/C3H8N4/c1-3(4)6-7-5-2/h7H,2H2,1H3,(H2,4,6). The van der Waals surface area contributed by atoms with E-state index in [1.54, 1.807) is 6.92 Å². The Morgan fingerprint density at radius 3 is 2.57 bits per heavy atom. The molecule has 40 valence electrons. The summed E-state index contributed by atoms with van der Waals surface area (Å²) in [4.78, 5) is 0. The normalized spacial score (nSPS) is 10.7. The molecule has 0 aliphatic carbocycles. The van der Waals surface area contributed by atoms with Gasteiger partial charge in [-0.2, -0.15) is 10.6 Å². The van der Waals surface area contributed by atoms with Gasteiger partial charge < -0.3 is 5.73 Å². The second-order valence-electron chi connectivity index (χ2n) is 1.01. The first-order chi connectivity index (χ1) is 3.27. The lowest BCUT2D eigenvalue weighted by atomic mass is 10.7. The van der Waals surface area contributed by atoms with Gasteiger partial charge in [0.1, 0.15) is 5.84 Å². The second kappa shape index (κ2) is 3.14. The monoisotopic (exact) mass is 100 g/mol. The Morgan fingerprint density at radius 1 is 1.86 bits per heavy atom. The molecule has 0 radical (unpaired) electrons. The molecule has 0 saturated carbocycles. The van der Waals surface area contributed by atoms with Crippen molar-refractivity contribution in [1.29, 1.82) is 0 Å². The molecule has 3 N–H and O–H groups in total. The SMILES string of the molecule is C=NN/N=C(/C)N. The quantitative estimate of drug-likeness (QED) is 0.279. The number of nitrogens with one attached hydrogen (secondary N) is 1. The van der Waals surface area contributed by atoms with Gasteiger partial charge in [0.25, 0.3) is 0 Å². The van der Waals surface area contributed by atoms with Crippen LogP contribution >= 0.6 is 0 Å². The predicted octanol–water partition coefficient (Wildman–Crippen LogP) is -0.516. The molecule has 0 atom stereocenters. The van der Waals surface area contributed by atoms with Crippen LogP contribution in [0.15, 0.2) is 10.2 Å². The van der Waals surface area contributed by atoms with Gasteiger partial charge in [-0.3, -0.25) is 0 Å². The third-order valence-corrected chi connectivity index (χ3v) is 0.297. The van der Waals surface area contributed by atoms with Gasteiger partial charge in [-0.15, -0.1) is 5.10 Å². The van der Waals surface area contributed by atoms with Gasteiger partial charge in [0.05, 0.1) is 0 Å². The van der Waals surface area contributed by atoms with Crippen LogP contribution in [0.3, 0.4) is 0 Å². The highest BCUT2D eigenvalue weighted by Crippen LogP contribution is 1.57. The first-order valence-corrected chi connectivity index (χ1v) is 1.78. The largest absolute Gasteiger partial charge is 0.386 e. The van der Waals surface area contributed by atoms with Crippen LogP contribution in [-0.2, 0) is 0 Å². The second-order valence-corrected chi connectivity index (χ2v) is 1.01. The van der Waals surface area contributed by atoms with Crippen molar-refractivity contribution in [2.75, 3.05) is 0 Å². The highest BCUT2D eigenvalue weighted by Gasteiger charge is 1.69. The van der Waals surface area contributed by atoms with E-state index in [-0.39, 0.29) is 0 Å². The molecule has 0 aromatic heterocycles. The maximum absolute atomic E-state index is 5.08. The van der Waals surface area contributed by atoms with E-state index in [4.69, 9.17) is 5.73 Å². The summed E-state index contributed by atoms with van der Waals surface area (Å²) < 4.78 is 0. The molecular formula is C3H8N4. The van der Waals surface area contributed by atoms with E-state index in [9.17, 15) is 0 Å². The molecule has 0 unspecified atom stereocenters. The van der Waals surface area contributed by atoms with Crippen LogP contribution < -0.4 is 11.3 Å². The van der Waals surface area contributed by atoms with E-state index in [0.29, 0.717) is 5.84 Å². The first kappa shape index (κ1) is 5.94. The van der Waals surface area contributed by atoms with Crippen molar-refractivity contribution in [3.8, 4) is 0 Å². The molecule has 0 amide bonds. The summed E-state index contributed by atoms with van der Waals surface area (Å²) in [6.45, 7) is 4.76. The van der Waals surface area contributed by atoms with Gasteiger partial charge in [-0.05, 0) is 6.92 Å². The molecule has 0 fully saturated rings. The number of nitrogens with two attached hydrogens (primary N) is 1. The number of hydrazone groups is 2. The van der Waals surface area contributed by atoms with Crippen molar-refractivity contribution >= 4 is 12.6 Å². The molecule has 7 heavy (non-hydrogen) atoms. The zero-order valence-electron chi connectivity index (χ0n) is 4.18. The molecule has 0 spiro atoms. The van der Waals surface area contributed by atoms with E-state index in [1.165, 1.54) is 0 Å². The predicted molar refractivity (Wildman–Crippen MR) is 30.0 cm³/mol. The molecule has 0 bridgehead atoms. The van der Waals surface area contributed by atoms with Crippen molar-refractivity contribution in [2.24, 2.45) is 15.9 Å². The molecule has 4 nitrogen and oxygen atoms in total. The minimum absolute atomic E-state index is 0.437. The number of hydrogen-bond acceptors (Lipinski definition) is 3. The lowest BCUT2D eigenvalue weighted by Crippen LogP contribution is -2.09. The molecular weight excluding hydrogens is 92.1 g/mol. The maximum Gasteiger partial charge on any atom is 0.118 e. The Morgan fingerprint density at radius 2 is 2.43 bits per heavy atom. The smallest absolute Gasteiger partial charge is 0.118 e. The fraction of sp³-hybridized carbons (Fsp3) is 0.333. The van der Waals surface area contributed by atoms with E-state index < -0.39 is 0 Å². The fourth-order valence-electron chi connectivity index (χ4n) is 0.114. The Balaban J connectivity index is 3.25. The minimum Gasteiger partial charge on any atom is -0.386 e. The van der Waals surface area contributed by atoms with Crippen LogP contribution in [0.4, 0.5) is 0 Å². The van der Waals surface area contributed by atoms with Crippen LogP contribution in [0.5, 0.6) is 0 Å². The third kappa shape index (κ3) is 4.94. The van der Waals surface area contributed by atoms with Crippen molar-refractivity contribution in [3.05, 3.63) is 0 Å². The van der Waals surface area contributed by atoms with Crippen molar-refractivity contribution < 1.29 is 0 Å². The van der Waals surface area contributed by atoms with Crippen LogP contribution in [0.2, 0.25) is 0 Å². The van der Waals surface area contributed by atoms with Gasteiger partial charge in [-0.1, -0.05) is 0 Å². The zero-order chi connectivity index (χ0) is 5.70. The van der Waals surface area contributed by atoms with Crippen molar-refractivity contribution in [2.45, 2.75) is 6.92 Å². The Bertz CT molecular complexity index is 80.9. The topological polar surface area (TPSA) is 62.8 Å². The molecule has 0 aromatic carbocycles. The molecule has 0 aromatic rings. The Kier molecular flexibility index (Phi) is 2.67. The lowest BCUT2D eigenvalue weighted by Gasteiger charge is -1.86. The summed E-state index contributed by atoms with van der Waals surface area (Å²) >= 11 is 0. The van der Waals surface area contributed by atoms with E-state index in [2.05, 4.69) is 22.5 Å². The Labute approximate surface area is 42.1 Å². The van der Waals surface area contributed by atoms with E-state index >= 15 is 0 Å². The summed E-state index contributed by atoms with van der Waals surface area (Å²) in [5, 5.41) is 6.67. The highest BCUT2D eigenvalue weighted by molar-refractivity contribution is 5.77. The average Bonchev–Trinajstić information content (AvgIpc) is 1.61. The zero-order valence-corrected chi connectivity index (χ0v) is 4.18. The van der Waals surface area contributed by atoms with Gasteiger partial charge in [-0.25, -0.2) is 0 Å². The minimum atomic E-state index is 0.437. The van der Waals surface area contributed by atoms with Crippen LogP contribution in [0.1, 0.15) is 6.92 Å². The number of nitrogens with zero attached hydrogens (tertiary/aromatic N) is 2. The highest BCUT2D eigenvalue weighted by atomic mass is 15.5. The van der Waals surface area contributed by atoms with Crippen molar-refractivity contribution in [3.63, 3.8) is 0 Å². The van der Waals surface area contributed by atoms with Gasteiger partial charge in [0.15, 0.2) is 0 Å². The first-order valence-electron chi connectivity index (χ1n) is 1.78. The Hall–Kier alpha value is -1.06. The summed E-state index contributed by atoms with van der Waals surface area (Å²) in [5.74, 6) is 0.437. The number of amidine groups is 1. The van der Waals surface area contributed by atoms with Crippen LogP contribution in [0.25, 0.3) is 0 Å². The van der Waals surface area contributed by atoms with E-state index in [0.717, 1.165) is 0 Å². The van der Waals surface area contributed by atoms with Gasteiger partial charge >= 0.3 is 0 Å².